The van der Waals surface area contributed by atoms with Gasteiger partial charge in [-0.05, 0) is 61.6 Å². The summed E-state index contributed by atoms with van der Waals surface area (Å²) in [5, 5.41) is 20.1. The van der Waals surface area contributed by atoms with Crippen molar-refractivity contribution in [3.05, 3.63) is 137 Å². The Hall–Kier alpha value is -5.13. The summed E-state index contributed by atoms with van der Waals surface area (Å²) < 4.78 is 4.71. The van der Waals surface area contributed by atoms with Crippen LogP contribution >= 0.6 is 11.8 Å². The molecule has 0 spiro atoms. The van der Waals surface area contributed by atoms with Gasteiger partial charge in [0.05, 0.1) is 23.2 Å². The normalized spacial score (nSPS) is 16.2. The number of thioether (sulfide) groups is 1. The largest absolute Gasteiger partial charge is 0.444 e. The SMILES string of the molecule is Cc1ccccc1CNC(=O)[C@H]1N(C(=O)[C@@H](O)[C@H](Cc2ccccc2)NC(=O)c2ccccc2NC(=O)OCc2ccccc2)CSC1(C)C. The summed E-state index contributed by atoms with van der Waals surface area (Å²) in [6, 6.07) is 30.6. The number of nitrogens with zero attached hydrogens (tertiary/aromatic N) is 1. The molecular weight excluding hydrogens is 653 g/mol. The summed E-state index contributed by atoms with van der Waals surface area (Å²) in [5.41, 5.74) is 3.91. The molecule has 0 saturated carbocycles. The van der Waals surface area contributed by atoms with E-state index in [1.54, 1.807) is 18.2 Å². The Kier molecular flexibility index (Phi) is 11.9. The molecular formula is C39H42N4O6S. The van der Waals surface area contributed by atoms with Gasteiger partial charge in [-0.15, -0.1) is 11.8 Å². The third kappa shape index (κ3) is 9.10. The van der Waals surface area contributed by atoms with Crippen molar-refractivity contribution in [2.24, 2.45) is 0 Å². The Morgan fingerprint density at radius 2 is 1.50 bits per heavy atom. The van der Waals surface area contributed by atoms with E-state index in [-0.39, 0.29) is 36.1 Å². The number of hydrogen-bond acceptors (Lipinski definition) is 7. The van der Waals surface area contributed by atoms with Gasteiger partial charge >= 0.3 is 6.09 Å². The second-order valence-electron chi connectivity index (χ2n) is 12.7. The van der Waals surface area contributed by atoms with Gasteiger partial charge < -0.3 is 25.4 Å². The molecule has 0 aromatic heterocycles. The maximum absolute atomic E-state index is 14.1. The highest BCUT2D eigenvalue weighted by Gasteiger charge is 2.49. The maximum atomic E-state index is 14.1. The molecule has 11 heteroatoms. The topological polar surface area (TPSA) is 137 Å². The predicted molar refractivity (Wildman–Crippen MR) is 194 cm³/mol. The standard InChI is InChI=1S/C39H42N4O6S/c1-26-14-10-11-19-29(26)23-40-36(46)34-39(2,3)50-25-43(34)37(47)33(44)32(22-27-15-6-4-7-16-27)41-35(45)30-20-12-13-21-31(30)42-38(48)49-24-28-17-8-5-9-18-28/h4-21,32-34,44H,22-25H2,1-3H3,(H,40,46)(H,41,45)(H,42,48)/t32-,33-,34+/m0/s1. The highest BCUT2D eigenvalue weighted by atomic mass is 32.2. The van der Waals surface area contributed by atoms with Crippen molar-refractivity contribution in [3.63, 3.8) is 0 Å². The first-order valence-electron chi connectivity index (χ1n) is 16.4. The number of carbonyl (C=O) groups is 4. The van der Waals surface area contributed by atoms with Crippen LogP contribution < -0.4 is 16.0 Å². The number of anilines is 1. The van der Waals surface area contributed by atoms with Gasteiger partial charge in [0.25, 0.3) is 11.8 Å². The Bertz CT molecular complexity index is 1800. The highest BCUT2D eigenvalue weighted by molar-refractivity contribution is 8.00. The number of ether oxygens (including phenoxy) is 1. The van der Waals surface area contributed by atoms with Crippen LogP contribution in [-0.2, 0) is 33.9 Å². The smallest absolute Gasteiger partial charge is 0.411 e. The van der Waals surface area contributed by atoms with E-state index in [0.717, 1.165) is 22.3 Å². The fourth-order valence-electron chi connectivity index (χ4n) is 5.86. The zero-order valence-electron chi connectivity index (χ0n) is 28.3. The fraction of sp³-hybridized carbons (Fsp3) is 0.282. The zero-order valence-corrected chi connectivity index (χ0v) is 29.1. The van der Waals surface area contributed by atoms with Crippen LogP contribution in [0.1, 0.15) is 46.5 Å². The fourth-order valence-corrected chi connectivity index (χ4v) is 7.00. The van der Waals surface area contributed by atoms with E-state index < -0.39 is 40.8 Å². The average molecular weight is 695 g/mol. The predicted octanol–water partition coefficient (Wildman–Crippen LogP) is 5.44. The lowest BCUT2D eigenvalue weighted by atomic mass is 9.96. The van der Waals surface area contributed by atoms with Gasteiger partial charge in [-0.2, -0.15) is 0 Å². The number of para-hydroxylation sites is 1. The molecule has 1 aliphatic rings. The maximum Gasteiger partial charge on any atom is 0.411 e. The van der Waals surface area contributed by atoms with Crippen LogP contribution in [0.15, 0.2) is 109 Å². The summed E-state index contributed by atoms with van der Waals surface area (Å²) >= 11 is 1.44. The van der Waals surface area contributed by atoms with Crippen molar-refractivity contribution in [2.45, 2.75) is 63.3 Å². The molecule has 0 radical (unpaired) electrons. The van der Waals surface area contributed by atoms with E-state index in [9.17, 15) is 24.3 Å². The third-order valence-electron chi connectivity index (χ3n) is 8.66. The quantitative estimate of drug-likeness (QED) is 0.155. The summed E-state index contributed by atoms with van der Waals surface area (Å²) in [7, 11) is 0. The van der Waals surface area contributed by atoms with Crippen molar-refractivity contribution < 1.29 is 29.0 Å². The van der Waals surface area contributed by atoms with E-state index in [4.69, 9.17) is 4.74 Å². The molecule has 0 aliphatic carbocycles. The summed E-state index contributed by atoms with van der Waals surface area (Å²) in [6.45, 7) is 6.11. The molecule has 4 amide bonds. The lowest BCUT2D eigenvalue weighted by Gasteiger charge is -2.33. The van der Waals surface area contributed by atoms with Crippen LogP contribution in [0.5, 0.6) is 0 Å². The molecule has 1 saturated heterocycles. The molecule has 10 nitrogen and oxygen atoms in total. The molecule has 260 valence electrons. The Balaban J connectivity index is 1.32. The number of hydrogen-bond donors (Lipinski definition) is 4. The molecule has 50 heavy (non-hydrogen) atoms. The molecule has 1 heterocycles. The molecule has 0 unspecified atom stereocenters. The minimum atomic E-state index is -1.68. The molecule has 4 N–H and O–H groups in total. The number of nitrogens with one attached hydrogen (secondary N) is 3. The van der Waals surface area contributed by atoms with Gasteiger partial charge in [-0.3, -0.25) is 19.7 Å². The first kappa shape index (κ1) is 36.2. The van der Waals surface area contributed by atoms with Gasteiger partial charge in [0.15, 0.2) is 6.10 Å². The van der Waals surface area contributed by atoms with Crippen molar-refractivity contribution in [2.75, 3.05) is 11.2 Å². The van der Waals surface area contributed by atoms with Crippen LogP contribution in [0.25, 0.3) is 0 Å². The van der Waals surface area contributed by atoms with Gasteiger partial charge in [0, 0.05) is 11.3 Å². The molecule has 3 atom stereocenters. The first-order chi connectivity index (χ1) is 24.0. The van der Waals surface area contributed by atoms with Crippen molar-refractivity contribution in [1.29, 1.82) is 0 Å². The van der Waals surface area contributed by atoms with E-state index in [1.165, 1.54) is 22.7 Å². The molecule has 1 fully saturated rings. The van der Waals surface area contributed by atoms with Gasteiger partial charge in [-0.1, -0.05) is 97.1 Å². The Labute approximate surface area is 296 Å². The number of aryl methyl sites for hydroxylation is 1. The van der Waals surface area contributed by atoms with Crippen molar-refractivity contribution in [1.82, 2.24) is 15.5 Å². The summed E-state index contributed by atoms with van der Waals surface area (Å²) in [6.07, 6.45) is -2.30. The van der Waals surface area contributed by atoms with Crippen LogP contribution in [0.3, 0.4) is 0 Å². The molecule has 4 aromatic rings. The van der Waals surface area contributed by atoms with Gasteiger partial charge in [-0.25, -0.2) is 4.79 Å². The third-order valence-corrected chi connectivity index (χ3v) is 10.0. The molecule has 0 bridgehead atoms. The number of amides is 4. The van der Waals surface area contributed by atoms with Crippen LogP contribution in [0.2, 0.25) is 0 Å². The second-order valence-corrected chi connectivity index (χ2v) is 14.3. The second kappa shape index (κ2) is 16.5. The van der Waals surface area contributed by atoms with Crippen LogP contribution in [-0.4, -0.2) is 62.6 Å². The molecule has 1 aliphatic heterocycles. The Morgan fingerprint density at radius 1 is 0.880 bits per heavy atom. The Morgan fingerprint density at radius 3 is 2.20 bits per heavy atom. The lowest BCUT2D eigenvalue weighted by molar-refractivity contribution is -0.147. The lowest BCUT2D eigenvalue weighted by Crippen LogP contribution is -2.58. The van der Waals surface area contributed by atoms with Crippen molar-refractivity contribution >= 4 is 41.3 Å². The average Bonchev–Trinajstić information content (AvgIpc) is 3.45. The van der Waals surface area contributed by atoms with Crippen molar-refractivity contribution in [3.8, 4) is 0 Å². The van der Waals surface area contributed by atoms with E-state index in [1.807, 2.05) is 106 Å². The number of aliphatic hydroxyl groups is 1. The first-order valence-corrected chi connectivity index (χ1v) is 17.4. The monoisotopic (exact) mass is 694 g/mol. The van der Waals surface area contributed by atoms with E-state index in [0.29, 0.717) is 6.54 Å². The summed E-state index contributed by atoms with van der Waals surface area (Å²) in [5.74, 6) is -1.42. The number of rotatable bonds is 12. The minimum absolute atomic E-state index is 0.0466. The zero-order chi connectivity index (χ0) is 35.7. The number of aliphatic hydroxyl groups excluding tert-OH is 1. The summed E-state index contributed by atoms with van der Waals surface area (Å²) in [4.78, 5) is 55.6. The number of benzene rings is 4. The molecule has 5 rings (SSSR count). The minimum Gasteiger partial charge on any atom is -0.444 e. The van der Waals surface area contributed by atoms with Crippen LogP contribution in [0.4, 0.5) is 10.5 Å². The van der Waals surface area contributed by atoms with E-state index in [2.05, 4.69) is 16.0 Å². The van der Waals surface area contributed by atoms with Gasteiger partial charge in [0.2, 0.25) is 5.91 Å². The van der Waals surface area contributed by atoms with Gasteiger partial charge in [0.1, 0.15) is 12.6 Å². The number of carbonyl (C=O) groups excluding carboxylic acids is 4. The van der Waals surface area contributed by atoms with E-state index >= 15 is 0 Å². The molecule has 4 aromatic carbocycles. The van der Waals surface area contributed by atoms with Crippen LogP contribution in [0, 0.1) is 6.92 Å². The highest BCUT2D eigenvalue weighted by Crippen LogP contribution is 2.40.